The van der Waals surface area contributed by atoms with Gasteiger partial charge in [-0.25, -0.2) is 0 Å². The Bertz CT molecular complexity index is 687. The van der Waals surface area contributed by atoms with Gasteiger partial charge in [0.05, 0.1) is 25.3 Å². The number of hydrogen-bond acceptors (Lipinski definition) is 4. The zero-order chi connectivity index (χ0) is 16.7. The molecule has 2 N–H and O–H groups in total. The van der Waals surface area contributed by atoms with Gasteiger partial charge in [-0.15, -0.1) is 11.3 Å². The van der Waals surface area contributed by atoms with Crippen LogP contribution in [0, 0.1) is 0 Å². The average Bonchev–Trinajstić information content (AvgIpc) is 2.97. The van der Waals surface area contributed by atoms with E-state index in [9.17, 15) is 9.59 Å². The Hall–Kier alpha value is -1.86. The molecular formula is C16H17BrN2O3S. The van der Waals surface area contributed by atoms with Crippen LogP contribution in [-0.2, 0) is 11.3 Å². The lowest BCUT2D eigenvalue weighted by atomic mass is 10.2. The number of ether oxygens (including phenoxy) is 1. The molecule has 1 aromatic carbocycles. The Morgan fingerprint density at radius 3 is 2.74 bits per heavy atom. The molecule has 0 radical (unpaired) electrons. The summed E-state index contributed by atoms with van der Waals surface area (Å²) >= 11 is 4.92. The van der Waals surface area contributed by atoms with Crippen molar-refractivity contribution in [2.45, 2.75) is 13.5 Å². The molecule has 0 saturated carbocycles. The quantitative estimate of drug-likeness (QED) is 0.755. The van der Waals surface area contributed by atoms with Crippen LogP contribution < -0.4 is 15.4 Å². The summed E-state index contributed by atoms with van der Waals surface area (Å²) in [5.74, 6) is -0.0591. The van der Waals surface area contributed by atoms with Crippen molar-refractivity contribution in [3.63, 3.8) is 0 Å². The number of carbonyl (C=O) groups excluding carboxylic acids is 2. The normalized spacial score (nSPS) is 10.2. The van der Waals surface area contributed by atoms with E-state index in [1.807, 2.05) is 18.4 Å². The topological polar surface area (TPSA) is 67.4 Å². The summed E-state index contributed by atoms with van der Waals surface area (Å²) < 4.78 is 6.40. The van der Waals surface area contributed by atoms with Crippen molar-refractivity contribution >= 4 is 39.1 Å². The molecule has 1 aromatic heterocycles. The zero-order valence-corrected chi connectivity index (χ0v) is 15.0. The molecule has 5 nitrogen and oxygen atoms in total. The molecule has 0 aliphatic carbocycles. The van der Waals surface area contributed by atoms with Crippen molar-refractivity contribution in [3.8, 4) is 5.75 Å². The number of amides is 2. The predicted octanol–water partition coefficient (Wildman–Crippen LogP) is 2.96. The second kappa shape index (κ2) is 8.69. The lowest BCUT2D eigenvalue weighted by Crippen LogP contribution is -2.36. The van der Waals surface area contributed by atoms with Gasteiger partial charge >= 0.3 is 0 Å². The smallest absolute Gasteiger partial charge is 0.255 e. The molecule has 0 aliphatic heterocycles. The van der Waals surface area contributed by atoms with Crippen molar-refractivity contribution in [1.82, 2.24) is 10.6 Å². The standard InChI is InChI=1S/C16H17BrN2O3S/c1-2-22-14-6-4-3-5-13(14)16(21)19-9-15(20)18-8-12-7-11(17)10-23-12/h3-7,10H,2,8-9H2,1H3,(H,18,20)(H,19,21). The van der Waals surface area contributed by atoms with E-state index in [-0.39, 0.29) is 18.4 Å². The predicted molar refractivity (Wildman–Crippen MR) is 93.8 cm³/mol. The van der Waals surface area contributed by atoms with Gasteiger partial charge < -0.3 is 15.4 Å². The van der Waals surface area contributed by atoms with Gasteiger partial charge in [-0.1, -0.05) is 12.1 Å². The maximum absolute atomic E-state index is 12.1. The van der Waals surface area contributed by atoms with Gasteiger partial charge in [0, 0.05) is 14.7 Å². The van der Waals surface area contributed by atoms with Crippen LogP contribution in [0.25, 0.3) is 0 Å². The number of nitrogens with one attached hydrogen (secondary N) is 2. The first-order chi connectivity index (χ1) is 11.1. The van der Waals surface area contributed by atoms with Crippen LogP contribution in [0.1, 0.15) is 22.2 Å². The summed E-state index contributed by atoms with van der Waals surface area (Å²) in [5, 5.41) is 7.32. The molecule has 1 heterocycles. The van der Waals surface area contributed by atoms with Gasteiger partial charge in [-0.05, 0) is 41.1 Å². The lowest BCUT2D eigenvalue weighted by molar-refractivity contribution is -0.120. The third-order valence-corrected chi connectivity index (χ3v) is 4.62. The fourth-order valence-electron chi connectivity index (χ4n) is 1.89. The Morgan fingerprint density at radius 1 is 1.26 bits per heavy atom. The molecule has 2 amide bonds. The van der Waals surface area contributed by atoms with Crippen LogP contribution in [0.2, 0.25) is 0 Å². The van der Waals surface area contributed by atoms with Crippen LogP contribution in [0.5, 0.6) is 5.75 Å². The number of halogens is 1. The molecule has 2 rings (SSSR count). The minimum atomic E-state index is -0.330. The maximum atomic E-state index is 12.1. The number of carbonyl (C=O) groups is 2. The largest absolute Gasteiger partial charge is 0.493 e. The van der Waals surface area contributed by atoms with E-state index in [1.165, 1.54) is 0 Å². The highest BCUT2D eigenvalue weighted by molar-refractivity contribution is 9.10. The van der Waals surface area contributed by atoms with Crippen molar-refractivity contribution in [2.24, 2.45) is 0 Å². The summed E-state index contributed by atoms with van der Waals surface area (Å²) in [6.07, 6.45) is 0. The van der Waals surface area contributed by atoms with Gasteiger partial charge in [0.2, 0.25) is 5.91 Å². The highest BCUT2D eigenvalue weighted by atomic mass is 79.9. The van der Waals surface area contributed by atoms with E-state index >= 15 is 0 Å². The van der Waals surface area contributed by atoms with Gasteiger partial charge in [0.1, 0.15) is 5.75 Å². The first-order valence-electron chi connectivity index (χ1n) is 7.09. The molecule has 2 aromatic rings. The van der Waals surface area contributed by atoms with E-state index < -0.39 is 0 Å². The summed E-state index contributed by atoms with van der Waals surface area (Å²) in [5.41, 5.74) is 0.421. The lowest BCUT2D eigenvalue weighted by Gasteiger charge is -2.10. The van der Waals surface area contributed by atoms with Crippen molar-refractivity contribution in [1.29, 1.82) is 0 Å². The monoisotopic (exact) mass is 396 g/mol. The minimum Gasteiger partial charge on any atom is -0.493 e. The van der Waals surface area contributed by atoms with Crippen LogP contribution in [0.3, 0.4) is 0 Å². The fraction of sp³-hybridized carbons (Fsp3) is 0.250. The van der Waals surface area contributed by atoms with E-state index in [2.05, 4.69) is 26.6 Å². The van der Waals surface area contributed by atoms with Crippen molar-refractivity contribution in [2.75, 3.05) is 13.2 Å². The second-order valence-electron chi connectivity index (χ2n) is 4.62. The average molecular weight is 397 g/mol. The SMILES string of the molecule is CCOc1ccccc1C(=O)NCC(=O)NCc1cc(Br)cs1. The Labute approximate surface area is 147 Å². The Kier molecular flexibility index (Phi) is 6.61. The van der Waals surface area contributed by atoms with Crippen molar-refractivity contribution < 1.29 is 14.3 Å². The molecule has 23 heavy (non-hydrogen) atoms. The van der Waals surface area contributed by atoms with Gasteiger partial charge in [-0.3, -0.25) is 9.59 Å². The molecule has 7 heteroatoms. The molecule has 0 aliphatic rings. The summed E-state index contributed by atoms with van der Waals surface area (Å²) in [4.78, 5) is 25.0. The molecule has 0 saturated heterocycles. The van der Waals surface area contributed by atoms with Gasteiger partial charge in [0.15, 0.2) is 0 Å². The van der Waals surface area contributed by atoms with E-state index in [1.54, 1.807) is 35.6 Å². The van der Waals surface area contributed by atoms with E-state index in [0.717, 1.165) is 9.35 Å². The molecule has 0 atom stereocenters. The molecular weight excluding hydrogens is 380 g/mol. The van der Waals surface area contributed by atoms with Crippen LogP contribution in [0.4, 0.5) is 0 Å². The molecule has 0 unspecified atom stereocenters. The highest BCUT2D eigenvalue weighted by Gasteiger charge is 2.13. The molecule has 122 valence electrons. The zero-order valence-electron chi connectivity index (χ0n) is 12.6. The summed E-state index contributed by atoms with van der Waals surface area (Å²) in [7, 11) is 0. The number of rotatable bonds is 7. The Morgan fingerprint density at radius 2 is 2.04 bits per heavy atom. The third-order valence-electron chi connectivity index (χ3n) is 2.92. The number of benzene rings is 1. The van der Waals surface area contributed by atoms with Gasteiger partial charge in [-0.2, -0.15) is 0 Å². The number of hydrogen-bond donors (Lipinski definition) is 2. The maximum Gasteiger partial charge on any atom is 0.255 e. The number of thiophene rings is 1. The van der Waals surface area contributed by atoms with Crippen molar-refractivity contribution in [3.05, 3.63) is 50.6 Å². The highest BCUT2D eigenvalue weighted by Crippen LogP contribution is 2.19. The minimum absolute atomic E-state index is 0.0775. The first-order valence-corrected chi connectivity index (χ1v) is 8.77. The molecule has 0 fully saturated rings. The second-order valence-corrected chi connectivity index (χ2v) is 6.53. The summed E-state index contributed by atoms with van der Waals surface area (Å²) in [6.45, 7) is 2.69. The summed E-state index contributed by atoms with van der Waals surface area (Å²) in [6, 6.07) is 8.90. The van der Waals surface area contributed by atoms with Crippen LogP contribution in [0.15, 0.2) is 40.2 Å². The first kappa shape index (κ1) is 17.5. The van der Waals surface area contributed by atoms with Crippen LogP contribution >= 0.6 is 27.3 Å². The van der Waals surface area contributed by atoms with E-state index in [4.69, 9.17) is 4.74 Å². The molecule has 0 bridgehead atoms. The molecule has 0 spiro atoms. The fourth-order valence-corrected chi connectivity index (χ4v) is 3.28. The third kappa shape index (κ3) is 5.37. The van der Waals surface area contributed by atoms with E-state index in [0.29, 0.717) is 24.5 Å². The number of para-hydroxylation sites is 1. The van der Waals surface area contributed by atoms with Gasteiger partial charge in [0.25, 0.3) is 5.91 Å². The Balaban J connectivity index is 1.83. The van der Waals surface area contributed by atoms with Crippen LogP contribution in [-0.4, -0.2) is 25.0 Å².